The third-order valence-corrected chi connectivity index (χ3v) is 3.47. The van der Waals surface area contributed by atoms with E-state index < -0.39 is 0 Å². The van der Waals surface area contributed by atoms with E-state index in [0.29, 0.717) is 12.0 Å². The minimum atomic E-state index is 0.352. The van der Waals surface area contributed by atoms with Crippen LogP contribution in [0.4, 0.5) is 11.6 Å². The summed E-state index contributed by atoms with van der Waals surface area (Å²) in [7, 11) is 0. The highest BCUT2D eigenvalue weighted by Gasteiger charge is 2.20. The van der Waals surface area contributed by atoms with Gasteiger partial charge in [-0.2, -0.15) is 0 Å². The summed E-state index contributed by atoms with van der Waals surface area (Å²) in [5.41, 5.74) is 1.13. The minimum Gasteiger partial charge on any atom is -0.370 e. The van der Waals surface area contributed by atoms with Crippen LogP contribution >= 0.6 is 0 Å². The first-order valence-electron chi connectivity index (χ1n) is 7.00. The quantitative estimate of drug-likeness (QED) is 0.839. The molecule has 0 radical (unpaired) electrons. The molecule has 100 valence electrons. The molecular formula is C14H24N4. The van der Waals surface area contributed by atoms with Crippen molar-refractivity contribution >= 4 is 11.6 Å². The molecule has 1 aliphatic carbocycles. The topological polar surface area (TPSA) is 49.8 Å². The number of nitrogens with one attached hydrogen (secondary N) is 2. The van der Waals surface area contributed by atoms with E-state index in [0.717, 1.165) is 29.6 Å². The molecule has 0 unspecified atom stereocenters. The summed E-state index contributed by atoms with van der Waals surface area (Å²) in [6.45, 7) is 9.33. The molecule has 18 heavy (non-hydrogen) atoms. The van der Waals surface area contributed by atoms with Crippen molar-refractivity contribution in [3.8, 4) is 0 Å². The van der Waals surface area contributed by atoms with E-state index in [1.807, 2.05) is 0 Å². The lowest BCUT2D eigenvalue weighted by atomic mass is 9.93. The number of rotatable bonds is 5. The molecule has 4 heteroatoms. The van der Waals surface area contributed by atoms with E-state index >= 15 is 0 Å². The lowest BCUT2D eigenvalue weighted by Crippen LogP contribution is -2.28. The standard InChI is InChI=1S/C14H24N4/c1-5-15-13-10(4)14(16-11-7-6-8-11)18-12(17-13)9(2)3/h9,11H,5-8H2,1-4H3,(H2,15,16,17,18). The summed E-state index contributed by atoms with van der Waals surface area (Å²) in [5, 5.41) is 6.88. The summed E-state index contributed by atoms with van der Waals surface area (Å²) in [6, 6.07) is 0.605. The second-order valence-corrected chi connectivity index (χ2v) is 5.36. The first-order chi connectivity index (χ1) is 8.61. The third kappa shape index (κ3) is 2.74. The van der Waals surface area contributed by atoms with Gasteiger partial charge in [0.1, 0.15) is 17.5 Å². The summed E-state index contributed by atoms with van der Waals surface area (Å²) >= 11 is 0. The first-order valence-corrected chi connectivity index (χ1v) is 7.00. The molecule has 0 amide bonds. The summed E-state index contributed by atoms with van der Waals surface area (Å²) < 4.78 is 0. The van der Waals surface area contributed by atoms with Gasteiger partial charge >= 0.3 is 0 Å². The minimum absolute atomic E-state index is 0.352. The van der Waals surface area contributed by atoms with Gasteiger partial charge in [-0.1, -0.05) is 13.8 Å². The lowest BCUT2D eigenvalue weighted by Gasteiger charge is -2.28. The molecule has 1 aromatic heterocycles. The van der Waals surface area contributed by atoms with Crippen LogP contribution in [0.1, 0.15) is 57.3 Å². The highest BCUT2D eigenvalue weighted by molar-refractivity contribution is 5.57. The van der Waals surface area contributed by atoms with Crippen LogP contribution in [0.5, 0.6) is 0 Å². The van der Waals surface area contributed by atoms with Crippen LogP contribution in [0.2, 0.25) is 0 Å². The molecule has 0 atom stereocenters. The Bertz CT molecular complexity index is 411. The van der Waals surface area contributed by atoms with Gasteiger partial charge in [-0.25, -0.2) is 9.97 Å². The zero-order valence-electron chi connectivity index (χ0n) is 11.9. The molecule has 0 aliphatic heterocycles. The van der Waals surface area contributed by atoms with E-state index in [1.165, 1.54) is 19.3 Å². The molecule has 0 spiro atoms. The molecule has 1 aliphatic rings. The maximum atomic E-state index is 4.67. The summed E-state index contributed by atoms with van der Waals surface area (Å²) in [5.74, 6) is 3.25. The van der Waals surface area contributed by atoms with Gasteiger partial charge in [0, 0.05) is 24.1 Å². The highest BCUT2D eigenvalue weighted by Crippen LogP contribution is 2.27. The Hall–Kier alpha value is -1.32. The van der Waals surface area contributed by atoms with Crippen molar-refractivity contribution in [1.29, 1.82) is 0 Å². The predicted molar refractivity (Wildman–Crippen MR) is 76.3 cm³/mol. The first kappa shape index (κ1) is 13.1. The SMILES string of the molecule is CCNc1nc(C(C)C)nc(NC2CCC2)c1C. The Morgan fingerprint density at radius 3 is 2.39 bits per heavy atom. The number of hydrogen-bond acceptors (Lipinski definition) is 4. The van der Waals surface area contributed by atoms with E-state index in [1.54, 1.807) is 0 Å². The molecule has 2 N–H and O–H groups in total. The third-order valence-electron chi connectivity index (χ3n) is 3.47. The van der Waals surface area contributed by atoms with Gasteiger partial charge in [0.05, 0.1) is 0 Å². The molecule has 1 fully saturated rings. The Balaban J connectivity index is 2.29. The van der Waals surface area contributed by atoms with E-state index in [9.17, 15) is 0 Å². The van der Waals surface area contributed by atoms with Gasteiger partial charge in [-0.15, -0.1) is 0 Å². The van der Waals surface area contributed by atoms with Gasteiger partial charge in [0.15, 0.2) is 0 Å². The van der Waals surface area contributed by atoms with Crippen LogP contribution in [-0.2, 0) is 0 Å². The Morgan fingerprint density at radius 1 is 1.22 bits per heavy atom. The Labute approximate surface area is 110 Å². The van der Waals surface area contributed by atoms with Gasteiger partial charge in [-0.05, 0) is 33.1 Å². The van der Waals surface area contributed by atoms with Crippen molar-refractivity contribution in [1.82, 2.24) is 9.97 Å². The molecule has 1 saturated carbocycles. The van der Waals surface area contributed by atoms with Crippen molar-refractivity contribution in [3.63, 3.8) is 0 Å². The second-order valence-electron chi connectivity index (χ2n) is 5.36. The van der Waals surface area contributed by atoms with Crippen LogP contribution < -0.4 is 10.6 Å². The normalized spacial score (nSPS) is 15.6. The van der Waals surface area contributed by atoms with Gasteiger partial charge in [0.25, 0.3) is 0 Å². The van der Waals surface area contributed by atoms with Gasteiger partial charge < -0.3 is 10.6 Å². The van der Waals surface area contributed by atoms with Crippen molar-refractivity contribution in [2.24, 2.45) is 0 Å². The largest absolute Gasteiger partial charge is 0.370 e. The van der Waals surface area contributed by atoms with E-state index in [-0.39, 0.29) is 0 Å². The Kier molecular flexibility index (Phi) is 4.04. The lowest BCUT2D eigenvalue weighted by molar-refractivity contribution is 0.444. The fourth-order valence-corrected chi connectivity index (χ4v) is 2.02. The Morgan fingerprint density at radius 2 is 1.89 bits per heavy atom. The van der Waals surface area contributed by atoms with Crippen LogP contribution in [-0.4, -0.2) is 22.6 Å². The molecule has 0 saturated heterocycles. The van der Waals surface area contributed by atoms with E-state index in [2.05, 4.69) is 48.3 Å². The van der Waals surface area contributed by atoms with E-state index in [4.69, 9.17) is 0 Å². The van der Waals surface area contributed by atoms with Gasteiger partial charge in [-0.3, -0.25) is 0 Å². The zero-order chi connectivity index (χ0) is 13.1. The fraction of sp³-hybridized carbons (Fsp3) is 0.714. The van der Waals surface area contributed by atoms with Crippen LogP contribution in [0.25, 0.3) is 0 Å². The molecule has 0 aromatic carbocycles. The highest BCUT2D eigenvalue weighted by atomic mass is 15.1. The summed E-state index contributed by atoms with van der Waals surface area (Å²) in [6.07, 6.45) is 3.85. The van der Waals surface area contributed by atoms with Crippen LogP contribution in [0.3, 0.4) is 0 Å². The summed E-state index contributed by atoms with van der Waals surface area (Å²) in [4.78, 5) is 9.29. The number of anilines is 2. The molecule has 2 rings (SSSR count). The fourth-order valence-electron chi connectivity index (χ4n) is 2.02. The molecular weight excluding hydrogens is 224 g/mol. The van der Waals surface area contributed by atoms with Gasteiger partial charge in [0.2, 0.25) is 0 Å². The smallest absolute Gasteiger partial charge is 0.135 e. The molecule has 4 nitrogen and oxygen atoms in total. The molecule has 1 aromatic rings. The molecule has 1 heterocycles. The monoisotopic (exact) mass is 248 g/mol. The van der Waals surface area contributed by atoms with Crippen LogP contribution in [0.15, 0.2) is 0 Å². The maximum absolute atomic E-state index is 4.67. The second kappa shape index (κ2) is 5.55. The van der Waals surface area contributed by atoms with Crippen molar-refractivity contribution < 1.29 is 0 Å². The maximum Gasteiger partial charge on any atom is 0.135 e. The van der Waals surface area contributed by atoms with Crippen molar-refractivity contribution in [2.75, 3.05) is 17.2 Å². The van der Waals surface area contributed by atoms with Crippen LogP contribution in [0, 0.1) is 6.92 Å². The number of aromatic nitrogens is 2. The number of hydrogen-bond donors (Lipinski definition) is 2. The average molecular weight is 248 g/mol. The predicted octanol–water partition coefficient (Wildman–Crippen LogP) is 3.30. The zero-order valence-corrected chi connectivity index (χ0v) is 11.9. The number of nitrogens with zero attached hydrogens (tertiary/aromatic N) is 2. The average Bonchev–Trinajstić information content (AvgIpc) is 2.27. The van der Waals surface area contributed by atoms with Crippen molar-refractivity contribution in [3.05, 3.63) is 11.4 Å². The van der Waals surface area contributed by atoms with Crippen molar-refractivity contribution in [2.45, 2.75) is 58.9 Å². The molecule has 0 bridgehead atoms.